The molecule has 0 amide bonds. The predicted molar refractivity (Wildman–Crippen MR) is 113 cm³/mol. The molecular weight excluding hydrogens is 406 g/mol. The van der Waals surface area contributed by atoms with Crippen LogP contribution in [-0.4, -0.2) is 28.1 Å². The van der Waals surface area contributed by atoms with Crippen LogP contribution in [-0.2, 0) is 4.79 Å². The summed E-state index contributed by atoms with van der Waals surface area (Å²) in [6.45, 7) is 3.39. The van der Waals surface area contributed by atoms with Crippen molar-refractivity contribution in [3.05, 3.63) is 77.3 Å². The van der Waals surface area contributed by atoms with Gasteiger partial charge < -0.3 is 9.47 Å². The van der Waals surface area contributed by atoms with Gasteiger partial charge in [0.05, 0.1) is 23.4 Å². The zero-order chi connectivity index (χ0) is 21.5. The largest absolute Gasteiger partial charge is 0.422 e. The van der Waals surface area contributed by atoms with Gasteiger partial charge in [-0.05, 0) is 30.3 Å². The number of nitrogens with zero attached hydrogens (tertiary/aromatic N) is 3. The van der Waals surface area contributed by atoms with Crippen LogP contribution in [0.15, 0.2) is 66.2 Å². The van der Waals surface area contributed by atoms with Crippen LogP contribution in [0.2, 0.25) is 5.02 Å². The Morgan fingerprint density at radius 2 is 1.80 bits per heavy atom. The minimum Gasteiger partial charge on any atom is -0.422 e. The van der Waals surface area contributed by atoms with Gasteiger partial charge >= 0.3 is 11.9 Å². The maximum Gasteiger partial charge on any atom is 0.345 e. The van der Waals surface area contributed by atoms with E-state index in [4.69, 9.17) is 21.1 Å². The van der Waals surface area contributed by atoms with E-state index in [2.05, 4.69) is 15.0 Å². The Labute approximate surface area is 178 Å². The molecule has 0 atom stereocenters. The molecule has 2 aromatic heterocycles. The SMILES string of the molecule is CC(C)C(=O)Oc1c(C=Nc2cccnc2)cc(Cl)cc1OC(=O)c1cccnc1. The lowest BCUT2D eigenvalue weighted by molar-refractivity contribution is -0.137. The highest BCUT2D eigenvalue weighted by Crippen LogP contribution is 2.35. The van der Waals surface area contributed by atoms with Crippen LogP contribution in [0.5, 0.6) is 11.5 Å². The zero-order valence-electron chi connectivity index (χ0n) is 16.3. The van der Waals surface area contributed by atoms with Crippen molar-refractivity contribution in [2.45, 2.75) is 13.8 Å². The standard InChI is InChI=1S/C22H18ClN3O4/c1-14(2)21(27)30-20-16(12-26-18-6-4-8-25-13-18)9-17(23)10-19(20)29-22(28)15-5-3-7-24-11-15/h3-14H,1-2H3. The van der Waals surface area contributed by atoms with Crippen molar-refractivity contribution >= 4 is 35.4 Å². The molecule has 0 radical (unpaired) electrons. The summed E-state index contributed by atoms with van der Waals surface area (Å²) in [7, 11) is 0. The van der Waals surface area contributed by atoms with Crippen molar-refractivity contribution in [1.82, 2.24) is 9.97 Å². The van der Waals surface area contributed by atoms with E-state index in [1.165, 1.54) is 18.5 Å². The molecule has 3 rings (SSSR count). The van der Waals surface area contributed by atoms with Gasteiger partial charge in [-0.1, -0.05) is 25.4 Å². The number of rotatable bonds is 6. The Hall–Kier alpha value is -3.58. The summed E-state index contributed by atoms with van der Waals surface area (Å²) in [6, 6.07) is 9.64. The second-order valence-corrected chi connectivity index (χ2v) is 6.94. The van der Waals surface area contributed by atoms with Crippen LogP contribution < -0.4 is 9.47 Å². The van der Waals surface area contributed by atoms with Gasteiger partial charge in [-0.15, -0.1) is 0 Å². The third kappa shape index (κ3) is 5.48. The Morgan fingerprint density at radius 1 is 1.07 bits per heavy atom. The number of pyridine rings is 2. The second-order valence-electron chi connectivity index (χ2n) is 6.50. The van der Waals surface area contributed by atoms with Gasteiger partial charge in [-0.25, -0.2) is 4.79 Å². The monoisotopic (exact) mass is 423 g/mol. The van der Waals surface area contributed by atoms with E-state index >= 15 is 0 Å². The van der Waals surface area contributed by atoms with Gasteiger partial charge in [0.2, 0.25) is 0 Å². The third-order valence-electron chi connectivity index (χ3n) is 3.82. The summed E-state index contributed by atoms with van der Waals surface area (Å²) in [4.78, 5) is 37.0. The number of esters is 2. The van der Waals surface area contributed by atoms with Crippen LogP contribution in [0, 0.1) is 5.92 Å². The molecule has 7 nitrogen and oxygen atoms in total. The molecule has 0 aliphatic heterocycles. The molecule has 0 aliphatic carbocycles. The molecule has 30 heavy (non-hydrogen) atoms. The van der Waals surface area contributed by atoms with Crippen LogP contribution in [0.1, 0.15) is 29.8 Å². The van der Waals surface area contributed by atoms with E-state index in [-0.39, 0.29) is 22.1 Å². The molecule has 0 saturated heterocycles. The maximum absolute atomic E-state index is 12.5. The maximum atomic E-state index is 12.5. The predicted octanol–water partition coefficient (Wildman–Crippen LogP) is 4.66. The molecule has 0 fully saturated rings. The van der Waals surface area contributed by atoms with E-state index in [0.717, 1.165) is 0 Å². The normalized spacial score (nSPS) is 10.9. The van der Waals surface area contributed by atoms with Crippen molar-refractivity contribution in [1.29, 1.82) is 0 Å². The van der Waals surface area contributed by atoms with E-state index in [0.29, 0.717) is 11.3 Å². The Bertz CT molecular complexity index is 1070. The molecule has 0 unspecified atom stereocenters. The molecule has 8 heteroatoms. The van der Waals surface area contributed by atoms with Gasteiger partial charge in [-0.2, -0.15) is 0 Å². The molecule has 2 heterocycles. The lowest BCUT2D eigenvalue weighted by atomic mass is 10.2. The molecule has 3 aromatic rings. The molecule has 1 aromatic carbocycles. The number of ether oxygens (including phenoxy) is 2. The molecule has 152 valence electrons. The second kappa shape index (κ2) is 9.76. The molecule has 0 N–H and O–H groups in total. The lowest BCUT2D eigenvalue weighted by Gasteiger charge is -2.14. The topological polar surface area (TPSA) is 90.7 Å². The Kier molecular flexibility index (Phi) is 6.87. The Morgan fingerprint density at radius 3 is 2.43 bits per heavy atom. The fraction of sp³-hybridized carbons (Fsp3) is 0.136. The van der Waals surface area contributed by atoms with Crippen LogP contribution >= 0.6 is 11.6 Å². The van der Waals surface area contributed by atoms with Crippen molar-refractivity contribution < 1.29 is 19.1 Å². The van der Waals surface area contributed by atoms with Crippen LogP contribution in [0.3, 0.4) is 0 Å². The zero-order valence-corrected chi connectivity index (χ0v) is 17.0. The third-order valence-corrected chi connectivity index (χ3v) is 4.04. The van der Waals surface area contributed by atoms with Gasteiger partial charge in [0.15, 0.2) is 11.5 Å². The smallest absolute Gasteiger partial charge is 0.345 e. The number of aromatic nitrogens is 2. The van der Waals surface area contributed by atoms with E-state index in [9.17, 15) is 9.59 Å². The molecular formula is C22H18ClN3O4. The quantitative estimate of drug-likeness (QED) is 0.325. The van der Waals surface area contributed by atoms with Gasteiger partial charge in [0, 0.05) is 41.5 Å². The summed E-state index contributed by atoms with van der Waals surface area (Å²) >= 11 is 6.21. The first kappa shape index (κ1) is 21.1. The van der Waals surface area contributed by atoms with Crippen molar-refractivity contribution in [2.24, 2.45) is 10.9 Å². The molecule has 0 aliphatic rings. The number of halogens is 1. The first-order chi connectivity index (χ1) is 14.4. The summed E-state index contributed by atoms with van der Waals surface area (Å²) in [6.07, 6.45) is 7.58. The van der Waals surface area contributed by atoms with E-state index < -0.39 is 17.9 Å². The average Bonchev–Trinajstić information content (AvgIpc) is 2.75. The lowest BCUT2D eigenvalue weighted by Crippen LogP contribution is -2.17. The number of carbonyl (C=O) groups is 2. The van der Waals surface area contributed by atoms with Crippen molar-refractivity contribution in [3.63, 3.8) is 0 Å². The fourth-order valence-corrected chi connectivity index (χ4v) is 2.52. The minimum absolute atomic E-state index is 0.00186. The summed E-state index contributed by atoms with van der Waals surface area (Å²) in [5.41, 5.74) is 1.20. The number of aliphatic imine (C=N–C) groups is 1. The molecule has 0 saturated carbocycles. The minimum atomic E-state index is -0.664. The average molecular weight is 424 g/mol. The number of hydrogen-bond acceptors (Lipinski definition) is 7. The van der Waals surface area contributed by atoms with E-state index in [1.54, 1.807) is 62.8 Å². The van der Waals surface area contributed by atoms with Crippen molar-refractivity contribution in [3.8, 4) is 11.5 Å². The highest BCUT2D eigenvalue weighted by atomic mass is 35.5. The van der Waals surface area contributed by atoms with Gasteiger partial charge in [0.25, 0.3) is 0 Å². The van der Waals surface area contributed by atoms with Gasteiger partial charge in [-0.3, -0.25) is 19.8 Å². The fourth-order valence-electron chi connectivity index (χ4n) is 2.30. The first-order valence-corrected chi connectivity index (χ1v) is 9.43. The highest BCUT2D eigenvalue weighted by molar-refractivity contribution is 6.31. The first-order valence-electron chi connectivity index (χ1n) is 9.05. The number of hydrogen-bond donors (Lipinski definition) is 0. The van der Waals surface area contributed by atoms with Crippen LogP contribution in [0.4, 0.5) is 5.69 Å². The van der Waals surface area contributed by atoms with Gasteiger partial charge in [0.1, 0.15) is 0 Å². The molecule has 0 spiro atoms. The van der Waals surface area contributed by atoms with Crippen molar-refractivity contribution in [2.75, 3.05) is 0 Å². The highest BCUT2D eigenvalue weighted by Gasteiger charge is 2.21. The summed E-state index contributed by atoms with van der Waals surface area (Å²) < 4.78 is 11.0. The number of carbonyl (C=O) groups excluding carboxylic acids is 2. The number of benzene rings is 1. The summed E-state index contributed by atoms with van der Waals surface area (Å²) in [5.74, 6) is -1.51. The Balaban J connectivity index is 2.01. The van der Waals surface area contributed by atoms with E-state index in [1.807, 2.05) is 0 Å². The molecule has 0 bridgehead atoms. The van der Waals surface area contributed by atoms with Crippen LogP contribution in [0.25, 0.3) is 0 Å². The summed E-state index contributed by atoms with van der Waals surface area (Å²) in [5, 5.41) is 0.279.